The second-order valence-corrected chi connectivity index (χ2v) is 3.34. The summed E-state index contributed by atoms with van der Waals surface area (Å²) in [5.41, 5.74) is 0.898. The van der Waals surface area contributed by atoms with Gasteiger partial charge < -0.3 is 4.74 Å². The standard InChI is InChI=1S/C8H9NO3S/c1-6-4-3-5-7(8(6)12-2)13-9(10)11/h3-5H,1-2H3. The van der Waals surface area contributed by atoms with Crippen LogP contribution < -0.4 is 4.74 Å². The first-order valence-corrected chi connectivity index (χ1v) is 4.38. The summed E-state index contributed by atoms with van der Waals surface area (Å²) in [5, 5.41) is 10.3. The predicted molar refractivity (Wildman–Crippen MR) is 50.6 cm³/mol. The van der Waals surface area contributed by atoms with E-state index in [0.29, 0.717) is 22.6 Å². The minimum absolute atomic E-state index is 0.447. The van der Waals surface area contributed by atoms with Crippen molar-refractivity contribution in [1.29, 1.82) is 0 Å². The van der Waals surface area contributed by atoms with Crippen LogP contribution in [0.2, 0.25) is 0 Å². The first-order chi connectivity index (χ1) is 6.15. The Bertz CT molecular complexity index is 327. The highest BCUT2D eigenvalue weighted by Crippen LogP contribution is 2.31. The zero-order chi connectivity index (χ0) is 9.84. The minimum atomic E-state index is -0.447. The van der Waals surface area contributed by atoms with Crippen LogP contribution in [0.4, 0.5) is 0 Å². The maximum absolute atomic E-state index is 10.3. The van der Waals surface area contributed by atoms with E-state index in [9.17, 15) is 10.1 Å². The molecule has 13 heavy (non-hydrogen) atoms. The normalized spacial score (nSPS) is 9.69. The van der Waals surface area contributed by atoms with Gasteiger partial charge in [-0.15, -0.1) is 0 Å². The molecule has 1 aromatic carbocycles. The molecule has 0 amide bonds. The molecule has 0 fully saturated rings. The Hall–Kier alpha value is -1.23. The molecule has 0 unspecified atom stereocenters. The zero-order valence-corrected chi connectivity index (χ0v) is 8.13. The molecule has 0 aliphatic heterocycles. The van der Waals surface area contributed by atoms with E-state index in [2.05, 4.69) is 0 Å². The molecule has 0 bridgehead atoms. The molecular weight excluding hydrogens is 190 g/mol. The molecule has 1 rings (SSSR count). The Labute approximate surface area is 80.2 Å². The van der Waals surface area contributed by atoms with Crippen molar-refractivity contribution in [1.82, 2.24) is 0 Å². The van der Waals surface area contributed by atoms with E-state index in [1.807, 2.05) is 13.0 Å². The third kappa shape index (κ3) is 2.35. The molecular formula is C8H9NO3S. The van der Waals surface area contributed by atoms with E-state index in [-0.39, 0.29) is 0 Å². The largest absolute Gasteiger partial charge is 0.495 e. The fourth-order valence-electron chi connectivity index (χ4n) is 1.04. The van der Waals surface area contributed by atoms with Gasteiger partial charge in [-0.05, 0) is 18.6 Å². The lowest BCUT2D eigenvalue weighted by atomic mass is 10.2. The highest BCUT2D eigenvalue weighted by Gasteiger charge is 2.13. The minimum Gasteiger partial charge on any atom is -0.495 e. The molecule has 0 aliphatic carbocycles. The number of para-hydroxylation sites is 1. The summed E-state index contributed by atoms with van der Waals surface area (Å²) in [6, 6.07) is 5.28. The van der Waals surface area contributed by atoms with E-state index in [4.69, 9.17) is 4.74 Å². The van der Waals surface area contributed by atoms with Crippen LogP contribution >= 0.6 is 11.9 Å². The Balaban J connectivity index is 3.05. The van der Waals surface area contributed by atoms with Crippen molar-refractivity contribution in [2.75, 3.05) is 7.11 Å². The molecule has 0 saturated heterocycles. The van der Waals surface area contributed by atoms with Crippen LogP contribution in [0.25, 0.3) is 0 Å². The van der Waals surface area contributed by atoms with Gasteiger partial charge in [0.25, 0.3) is 11.9 Å². The molecule has 0 N–H and O–H groups in total. The smallest absolute Gasteiger partial charge is 0.269 e. The number of nitro groups is 1. The topological polar surface area (TPSA) is 52.4 Å². The van der Waals surface area contributed by atoms with Crippen molar-refractivity contribution in [3.8, 4) is 5.75 Å². The average Bonchev–Trinajstić information content (AvgIpc) is 2.03. The van der Waals surface area contributed by atoms with Crippen molar-refractivity contribution >= 4 is 11.9 Å². The average molecular weight is 199 g/mol. The van der Waals surface area contributed by atoms with Crippen LogP contribution in [0.3, 0.4) is 0 Å². The monoisotopic (exact) mass is 199 g/mol. The highest BCUT2D eigenvalue weighted by atomic mass is 32.2. The number of ether oxygens (including phenoxy) is 1. The Morgan fingerprint density at radius 1 is 1.54 bits per heavy atom. The molecule has 70 valence electrons. The van der Waals surface area contributed by atoms with Gasteiger partial charge in [0.2, 0.25) is 0 Å². The molecule has 0 spiro atoms. The van der Waals surface area contributed by atoms with E-state index < -0.39 is 4.33 Å². The summed E-state index contributed by atoms with van der Waals surface area (Å²) < 4.78 is 4.60. The van der Waals surface area contributed by atoms with Gasteiger partial charge >= 0.3 is 0 Å². The highest BCUT2D eigenvalue weighted by molar-refractivity contribution is 7.93. The number of hydrogen-bond acceptors (Lipinski definition) is 4. The van der Waals surface area contributed by atoms with E-state index in [1.165, 1.54) is 7.11 Å². The van der Waals surface area contributed by atoms with Crippen LogP contribution in [0.5, 0.6) is 5.75 Å². The molecule has 0 atom stereocenters. The summed E-state index contributed by atoms with van der Waals surface area (Å²) in [6.07, 6.45) is 0. The van der Waals surface area contributed by atoms with Gasteiger partial charge in [-0.2, -0.15) is 0 Å². The first-order valence-electron chi connectivity index (χ1n) is 3.61. The summed E-state index contributed by atoms with van der Waals surface area (Å²) in [6.45, 7) is 1.85. The fourth-order valence-corrected chi connectivity index (χ4v) is 1.67. The molecule has 0 aromatic heterocycles. The zero-order valence-electron chi connectivity index (χ0n) is 7.31. The third-order valence-corrected chi connectivity index (χ3v) is 2.22. The van der Waals surface area contributed by atoms with Crippen LogP contribution in [-0.4, -0.2) is 11.4 Å². The van der Waals surface area contributed by atoms with Crippen molar-refractivity contribution < 1.29 is 9.07 Å². The Morgan fingerprint density at radius 2 is 2.23 bits per heavy atom. The maximum atomic E-state index is 10.3. The lowest BCUT2D eigenvalue weighted by molar-refractivity contribution is -0.284. The first kappa shape index (κ1) is 9.85. The molecule has 0 radical (unpaired) electrons. The maximum Gasteiger partial charge on any atom is 0.269 e. The predicted octanol–water partition coefficient (Wildman–Crippen LogP) is 2.29. The van der Waals surface area contributed by atoms with Gasteiger partial charge in [-0.1, -0.05) is 12.1 Å². The number of benzene rings is 1. The number of rotatable bonds is 3. The third-order valence-electron chi connectivity index (χ3n) is 1.55. The van der Waals surface area contributed by atoms with E-state index in [0.717, 1.165) is 5.56 Å². The van der Waals surface area contributed by atoms with Gasteiger partial charge in [0, 0.05) is 0 Å². The molecule has 0 aliphatic rings. The second kappa shape index (κ2) is 4.13. The number of methoxy groups -OCH3 is 1. The Kier molecular flexibility index (Phi) is 3.13. The molecule has 0 saturated carbocycles. The van der Waals surface area contributed by atoms with Gasteiger partial charge in [-0.25, -0.2) is 0 Å². The van der Waals surface area contributed by atoms with Gasteiger partial charge in [0.05, 0.1) is 7.11 Å². The lowest BCUT2D eigenvalue weighted by Gasteiger charge is -2.05. The van der Waals surface area contributed by atoms with Crippen molar-refractivity contribution in [3.63, 3.8) is 0 Å². The van der Waals surface area contributed by atoms with Crippen molar-refractivity contribution in [2.24, 2.45) is 0 Å². The summed E-state index contributed by atoms with van der Waals surface area (Å²) in [5.74, 6) is 0.573. The van der Waals surface area contributed by atoms with Crippen LogP contribution in [0.15, 0.2) is 23.1 Å². The van der Waals surface area contributed by atoms with Gasteiger partial charge in [0.15, 0.2) is 0 Å². The second-order valence-electron chi connectivity index (χ2n) is 2.42. The molecule has 0 heterocycles. The molecule has 1 aromatic rings. The van der Waals surface area contributed by atoms with Crippen LogP contribution in [-0.2, 0) is 0 Å². The summed E-state index contributed by atoms with van der Waals surface area (Å²) in [4.78, 5) is 10.8. The number of nitrogens with zero attached hydrogens (tertiary/aromatic N) is 1. The van der Waals surface area contributed by atoms with Crippen LogP contribution in [0.1, 0.15) is 5.56 Å². The summed E-state index contributed by atoms with van der Waals surface area (Å²) >= 11 is 0.561. The van der Waals surface area contributed by atoms with Crippen molar-refractivity contribution in [2.45, 2.75) is 11.8 Å². The van der Waals surface area contributed by atoms with E-state index >= 15 is 0 Å². The lowest BCUT2D eigenvalue weighted by Crippen LogP contribution is -1.92. The Morgan fingerprint density at radius 3 is 2.77 bits per heavy atom. The van der Waals surface area contributed by atoms with Crippen molar-refractivity contribution in [3.05, 3.63) is 33.9 Å². The number of aryl methyl sites for hydroxylation is 1. The number of hydrogen-bond donors (Lipinski definition) is 0. The molecule has 4 nitrogen and oxygen atoms in total. The molecule has 5 heteroatoms. The van der Waals surface area contributed by atoms with E-state index in [1.54, 1.807) is 12.1 Å². The quantitative estimate of drug-likeness (QED) is 0.425. The SMILES string of the molecule is COc1c(C)cccc1S[N+](=O)[O-]. The van der Waals surface area contributed by atoms with Crippen LogP contribution in [0, 0.1) is 17.0 Å². The van der Waals surface area contributed by atoms with Gasteiger partial charge in [-0.3, -0.25) is 10.1 Å². The van der Waals surface area contributed by atoms with Gasteiger partial charge in [0.1, 0.15) is 15.0 Å². The summed E-state index contributed by atoms with van der Waals surface area (Å²) in [7, 11) is 1.51. The fraction of sp³-hybridized carbons (Fsp3) is 0.250.